The first-order valence-electron chi connectivity index (χ1n) is 5.99. The summed E-state index contributed by atoms with van der Waals surface area (Å²) in [6, 6.07) is 7.86. The van der Waals surface area contributed by atoms with Gasteiger partial charge in [0.1, 0.15) is 0 Å². The molecule has 0 saturated heterocycles. The Bertz CT molecular complexity index is 387. The van der Waals surface area contributed by atoms with Crippen LogP contribution < -0.4 is 5.32 Å². The molecule has 0 atom stereocenters. The van der Waals surface area contributed by atoms with Crippen molar-refractivity contribution >= 4 is 17.6 Å². The molecule has 0 aliphatic heterocycles. The molecule has 0 fully saturated rings. The lowest BCUT2D eigenvalue weighted by molar-refractivity contribution is -0.140. The Morgan fingerprint density at radius 1 is 1.33 bits per heavy atom. The Balaban J connectivity index is 2.44. The Morgan fingerprint density at radius 3 is 2.50 bits per heavy atom. The summed E-state index contributed by atoms with van der Waals surface area (Å²) in [5.41, 5.74) is 1.22. The molecule has 0 radical (unpaired) electrons. The van der Waals surface area contributed by atoms with Crippen molar-refractivity contribution in [2.45, 2.75) is 25.7 Å². The number of halogens is 1. The molecule has 1 N–H and O–H groups in total. The lowest BCUT2D eigenvalue weighted by Crippen LogP contribution is -2.34. The molecule has 0 bridgehead atoms. The van der Waals surface area contributed by atoms with Gasteiger partial charge in [-0.05, 0) is 17.7 Å². The van der Waals surface area contributed by atoms with Crippen molar-refractivity contribution in [1.29, 1.82) is 0 Å². The smallest absolute Gasteiger partial charge is 0.306 e. The van der Waals surface area contributed by atoms with Crippen molar-refractivity contribution in [2.75, 3.05) is 20.2 Å². The van der Waals surface area contributed by atoms with Gasteiger partial charge in [-0.15, -0.1) is 0 Å². The maximum atomic E-state index is 11.0. The molecule has 0 aromatic heterocycles. The summed E-state index contributed by atoms with van der Waals surface area (Å²) < 4.78 is 4.59. The van der Waals surface area contributed by atoms with Gasteiger partial charge in [-0.1, -0.05) is 37.6 Å². The first-order valence-corrected chi connectivity index (χ1v) is 6.37. The molecule has 0 amide bonds. The fraction of sp³-hybridized carbons (Fsp3) is 0.500. The average Bonchev–Trinajstić information content (AvgIpc) is 2.35. The topological polar surface area (TPSA) is 38.3 Å². The number of nitrogens with one attached hydrogen (secondary N) is 1. The van der Waals surface area contributed by atoms with E-state index in [9.17, 15) is 4.79 Å². The molecule has 1 aromatic carbocycles. The third kappa shape index (κ3) is 4.67. The third-order valence-corrected chi connectivity index (χ3v) is 3.18. The molecule has 0 spiro atoms. The minimum Gasteiger partial charge on any atom is -0.469 e. The van der Waals surface area contributed by atoms with Gasteiger partial charge in [0.05, 0.1) is 13.5 Å². The van der Waals surface area contributed by atoms with Crippen LogP contribution in [0.1, 0.15) is 25.8 Å². The van der Waals surface area contributed by atoms with E-state index in [2.05, 4.69) is 23.9 Å². The van der Waals surface area contributed by atoms with Gasteiger partial charge in [-0.2, -0.15) is 0 Å². The highest BCUT2D eigenvalue weighted by molar-refractivity contribution is 6.30. The molecule has 1 aromatic rings. The minimum absolute atomic E-state index is 0.000703. The Hall–Kier alpha value is -1.06. The molecule has 18 heavy (non-hydrogen) atoms. The van der Waals surface area contributed by atoms with E-state index in [0.717, 1.165) is 11.6 Å². The van der Waals surface area contributed by atoms with Gasteiger partial charge >= 0.3 is 5.97 Å². The van der Waals surface area contributed by atoms with Crippen molar-refractivity contribution in [1.82, 2.24) is 5.32 Å². The van der Waals surface area contributed by atoms with Gasteiger partial charge < -0.3 is 10.1 Å². The van der Waals surface area contributed by atoms with Crippen molar-refractivity contribution in [3.63, 3.8) is 0 Å². The van der Waals surface area contributed by atoms with Crippen LogP contribution in [-0.2, 0) is 14.9 Å². The first-order chi connectivity index (χ1) is 8.45. The number of esters is 1. The predicted molar refractivity (Wildman–Crippen MR) is 74.0 cm³/mol. The summed E-state index contributed by atoms with van der Waals surface area (Å²) in [5.74, 6) is -0.188. The second-order valence-corrected chi connectivity index (χ2v) is 5.33. The quantitative estimate of drug-likeness (QED) is 0.638. The van der Waals surface area contributed by atoms with Crippen molar-refractivity contribution in [3.05, 3.63) is 34.9 Å². The van der Waals surface area contributed by atoms with Gasteiger partial charge in [0, 0.05) is 23.5 Å². The Labute approximate surface area is 113 Å². The summed E-state index contributed by atoms with van der Waals surface area (Å²) in [7, 11) is 1.40. The molecule has 100 valence electrons. The van der Waals surface area contributed by atoms with E-state index in [1.807, 2.05) is 24.3 Å². The Morgan fingerprint density at radius 2 is 1.94 bits per heavy atom. The van der Waals surface area contributed by atoms with Gasteiger partial charge in [-0.25, -0.2) is 0 Å². The van der Waals surface area contributed by atoms with Crippen LogP contribution in [-0.4, -0.2) is 26.2 Å². The highest BCUT2D eigenvalue weighted by atomic mass is 35.5. The fourth-order valence-electron chi connectivity index (χ4n) is 1.70. The molecule has 0 aliphatic rings. The lowest BCUT2D eigenvalue weighted by atomic mass is 9.84. The van der Waals surface area contributed by atoms with E-state index in [1.54, 1.807) is 0 Å². The number of benzene rings is 1. The van der Waals surface area contributed by atoms with E-state index in [4.69, 9.17) is 11.6 Å². The van der Waals surface area contributed by atoms with Gasteiger partial charge in [0.2, 0.25) is 0 Å². The molecular formula is C14H20ClNO2. The predicted octanol–water partition coefficient (Wildman–Crippen LogP) is 2.77. The number of hydrogen-bond acceptors (Lipinski definition) is 3. The van der Waals surface area contributed by atoms with E-state index < -0.39 is 0 Å². The largest absolute Gasteiger partial charge is 0.469 e. The maximum absolute atomic E-state index is 11.0. The van der Waals surface area contributed by atoms with Crippen LogP contribution in [0, 0.1) is 0 Å². The molecule has 0 saturated carbocycles. The number of carbonyl (C=O) groups is 1. The summed E-state index contributed by atoms with van der Waals surface area (Å²) >= 11 is 5.87. The van der Waals surface area contributed by atoms with Gasteiger partial charge in [0.25, 0.3) is 0 Å². The Kier molecular flexibility index (Phi) is 5.63. The zero-order valence-corrected chi connectivity index (χ0v) is 11.9. The minimum atomic E-state index is -0.188. The number of hydrogen-bond donors (Lipinski definition) is 1. The zero-order valence-electron chi connectivity index (χ0n) is 11.1. The normalized spacial score (nSPS) is 11.3. The molecule has 0 heterocycles. The van der Waals surface area contributed by atoms with E-state index in [1.165, 1.54) is 12.7 Å². The molecule has 3 nitrogen and oxygen atoms in total. The summed E-state index contributed by atoms with van der Waals surface area (Å²) in [4.78, 5) is 11.0. The van der Waals surface area contributed by atoms with E-state index in [0.29, 0.717) is 13.0 Å². The zero-order chi connectivity index (χ0) is 13.6. The standard InChI is InChI=1S/C14H20ClNO2/c1-14(2,10-16-9-8-13(17)18-3)11-4-6-12(15)7-5-11/h4-7,16H,8-10H2,1-3H3. The van der Waals surface area contributed by atoms with Crippen LogP contribution in [0.2, 0.25) is 5.02 Å². The number of carbonyl (C=O) groups excluding carboxylic acids is 1. The van der Waals surface area contributed by atoms with Crippen LogP contribution in [0.4, 0.5) is 0 Å². The summed E-state index contributed by atoms with van der Waals surface area (Å²) in [6.07, 6.45) is 0.396. The van der Waals surface area contributed by atoms with Crippen molar-refractivity contribution in [3.8, 4) is 0 Å². The maximum Gasteiger partial charge on any atom is 0.306 e. The van der Waals surface area contributed by atoms with Gasteiger partial charge in [-0.3, -0.25) is 4.79 Å². The van der Waals surface area contributed by atoms with E-state index >= 15 is 0 Å². The first kappa shape index (κ1) is 15.0. The molecule has 0 unspecified atom stereocenters. The average molecular weight is 270 g/mol. The van der Waals surface area contributed by atoms with Crippen LogP contribution in [0.5, 0.6) is 0 Å². The third-order valence-electron chi connectivity index (χ3n) is 2.93. The highest BCUT2D eigenvalue weighted by Gasteiger charge is 2.19. The second-order valence-electron chi connectivity index (χ2n) is 4.89. The van der Waals surface area contributed by atoms with Crippen molar-refractivity contribution in [2.24, 2.45) is 0 Å². The van der Waals surface area contributed by atoms with Crippen molar-refractivity contribution < 1.29 is 9.53 Å². The van der Waals surface area contributed by atoms with Crippen LogP contribution in [0.15, 0.2) is 24.3 Å². The fourth-order valence-corrected chi connectivity index (χ4v) is 1.82. The highest BCUT2D eigenvalue weighted by Crippen LogP contribution is 2.23. The molecule has 4 heteroatoms. The molecule has 0 aliphatic carbocycles. The van der Waals surface area contributed by atoms with Crippen LogP contribution in [0.3, 0.4) is 0 Å². The molecule has 1 rings (SSSR count). The van der Waals surface area contributed by atoms with Gasteiger partial charge in [0.15, 0.2) is 0 Å². The molecular weight excluding hydrogens is 250 g/mol. The summed E-state index contributed by atoms with van der Waals surface area (Å²) in [5, 5.41) is 4.01. The van der Waals surface area contributed by atoms with Crippen LogP contribution >= 0.6 is 11.6 Å². The lowest BCUT2D eigenvalue weighted by Gasteiger charge is -2.25. The van der Waals surface area contributed by atoms with Crippen LogP contribution in [0.25, 0.3) is 0 Å². The number of rotatable bonds is 6. The number of methoxy groups -OCH3 is 1. The SMILES string of the molecule is COC(=O)CCNCC(C)(C)c1ccc(Cl)cc1. The monoisotopic (exact) mass is 269 g/mol. The van der Waals surface area contributed by atoms with E-state index in [-0.39, 0.29) is 11.4 Å². The summed E-state index contributed by atoms with van der Waals surface area (Å²) in [6.45, 7) is 5.73. The number of ether oxygens (including phenoxy) is 1. The second kappa shape index (κ2) is 6.76.